The summed E-state index contributed by atoms with van der Waals surface area (Å²) in [6.07, 6.45) is 2.90. The summed E-state index contributed by atoms with van der Waals surface area (Å²) < 4.78 is 39.2. The van der Waals surface area contributed by atoms with Gasteiger partial charge in [0.2, 0.25) is 0 Å². The molecule has 0 aromatic carbocycles. The number of hydrogen-bond acceptors (Lipinski definition) is 9. The Morgan fingerprint density at radius 1 is 1.16 bits per heavy atom. The van der Waals surface area contributed by atoms with Crippen molar-refractivity contribution in [1.29, 1.82) is 5.26 Å². The number of rotatable bonds is 3. The normalized spacial score (nSPS) is 27.9. The number of nitrogens with zero attached hydrogens (tertiary/aromatic N) is 7. The van der Waals surface area contributed by atoms with E-state index in [9.17, 15) is 18.5 Å². The summed E-state index contributed by atoms with van der Waals surface area (Å²) in [5.41, 5.74) is 2.62. The highest BCUT2D eigenvalue weighted by molar-refractivity contribution is 7.94. The Hall–Kier alpha value is -3.33. The van der Waals surface area contributed by atoms with E-state index in [4.69, 9.17) is 0 Å². The lowest BCUT2D eigenvalue weighted by Gasteiger charge is -2.47. The van der Waals surface area contributed by atoms with Crippen LogP contribution in [-0.4, -0.2) is 76.6 Å². The minimum atomic E-state index is -4.06. The monoisotopic (exact) mass is 527 g/mol. The number of piperazine rings is 1. The highest BCUT2D eigenvalue weighted by atomic mass is 32.2. The van der Waals surface area contributed by atoms with E-state index in [0.29, 0.717) is 18.8 Å². The zero-order chi connectivity index (χ0) is 26.9. The van der Waals surface area contributed by atoms with Crippen LogP contribution in [0.25, 0.3) is 0 Å². The van der Waals surface area contributed by atoms with E-state index in [1.54, 1.807) is 13.1 Å². The van der Waals surface area contributed by atoms with Crippen LogP contribution in [0, 0.1) is 18.3 Å². The molecule has 2 fully saturated rings. The molecule has 2 aromatic rings. The van der Waals surface area contributed by atoms with Crippen molar-refractivity contribution < 1.29 is 17.6 Å². The van der Waals surface area contributed by atoms with Gasteiger partial charge in [-0.25, -0.2) is 27.8 Å². The van der Waals surface area contributed by atoms with Gasteiger partial charge in [0.25, 0.3) is 10.9 Å². The molecule has 1 amide bonds. The summed E-state index contributed by atoms with van der Waals surface area (Å²) in [4.78, 5) is 32.1. The maximum atomic E-state index is 15.1. The van der Waals surface area contributed by atoms with Crippen LogP contribution in [0.3, 0.4) is 0 Å². The molecule has 0 N–H and O–H groups in total. The lowest BCUT2D eigenvalue weighted by Crippen LogP contribution is -2.66. The predicted molar refractivity (Wildman–Crippen MR) is 136 cm³/mol. The summed E-state index contributed by atoms with van der Waals surface area (Å²) >= 11 is 0. The van der Waals surface area contributed by atoms with Gasteiger partial charge in [0.05, 0.1) is 17.6 Å². The number of pyridine rings is 1. The van der Waals surface area contributed by atoms with Gasteiger partial charge in [-0.05, 0) is 32.4 Å². The number of aryl methyl sites for hydroxylation is 1. The molecule has 0 aliphatic carbocycles. The Bertz CT molecular complexity index is 1440. The average Bonchev–Trinajstić information content (AvgIpc) is 3.14. The largest absolute Gasteiger partial charge is 0.350 e. The highest BCUT2D eigenvalue weighted by Gasteiger charge is 2.61. The molecule has 12 heteroatoms. The molecule has 37 heavy (non-hydrogen) atoms. The Kier molecular flexibility index (Phi) is 5.71. The van der Waals surface area contributed by atoms with Crippen LogP contribution in [0.1, 0.15) is 50.9 Å². The third kappa shape index (κ3) is 3.74. The molecule has 196 valence electrons. The maximum Gasteiger partial charge on any atom is 0.288 e. The van der Waals surface area contributed by atoms with Gasteiger partial charge < -0.3 is 14.7 Å². The van der Waals surface area contributed by atoms with E-state index in [0.717, 1.165) is 28.5 Å². The minimum absolute atomic E-state index is 0.183. The molecule has 5 rings (SSSR count). The van der Waals surface area contributed by atoms with Crippen LogP contribution >= 0.6 is 0 Å². The average molecular weight is 528 g/mol. The Labute approximate surface area is 216 Å². The fraction of sp³-hybridized carbons (Fsp3) is 0.560. The standard InChI is InChI=1S/C25H30FN7O3S/c1-15-8-18(10-28-19(15)9-27)33-13-24(4,5)20-21(29-14-30-22(20)33)31-11-17(3)32(12-16(31)2)23(34)25(26)6-7-37(25,35)36/h8,10,14,16-17H,6-7,11-13H2,1-5H3/t16-,17+,25+/m0/s1. The fourth-order valence-electron chi connectivity index (χ4n) is 5.59. The highest BCUT2D eigenvalue weighted by Crippen LogP contribution is 2.47. The van der Waals surface area contributed by atoms with Gasteiger partial charge in [-0.1, -0.05) is 13.8 Å². The Balaban J connectivity index is 1.47. The molecule has 2 aromatic heterocycles. The van der Waals surface area contributed by atoms with E-state index < -0.39 is 26.8 Å². The van der Waals surface area contributed by atoms with Gasteiger partial charge in [-0.3, -0.25) is 4.79 Å². The predicted octanol–water partition coefficient (Wildman–Crippen LogP) is 2.39. The lowest BCUT2D eigenvalue weighted by atomic mass is 9.87. The van der Waals surface area contributed by atoms with Crippen LogP contribution < -0.4 is 9.80 Å². The molecule has 3 atom stereocenters. The molecule has 3 aliphatic rings. The second-order valence-corrected chi connectivity index (χ2v) is 13.2. The topological polar surface area (TPSA) is 123 Å². The van der Waals surface area contributed by atoms with Crippen molar-refractivity contribution in [1.82, 2.24) is 19.9 Å². The molecule has 2 saturated heterocycles. The number of anilines is 3. The zero-order valence-corrected chi connectivity index (χ0v) is 22.4. The van der Waals surface area contributed by atoms with Crippen LogP contribution in [0.5, 0.6) is 0 Å². The summed E-state index contributed by atoms with van der Waals surface area (Å²) in [7, 11) is -4.06. The summed E-state index contributed by atoms with van der Waals surface area (Å²) in [5.74, 6) is 0.239. The van der Waals surface area contributed by atoms with Crippen molar-refractivity contribution in [3.8, 4) is 6.07 Å². The van der Waals surface area contributed by atoms with Gasteiger partial charge in [0.1, 0.15) is 29.7 Å². The number of aromatic nitrogens is 3. The molecular formula is C25H30FN7O3S. The quantitative estimate of drug-likeness (QED) is 0.592. The second kappa shape index (κ2) is 8.34. The van der Waals surface area contributed by atoms with Crippen molar-refractivity contribution >= 4 is 33.1 Å². The van der Waals surface area contributed by atoms with Gasteiger partial charge in [0.15, 0.2) is 9.84 Å². The first-order chi connectivity index (χ1) is 17.3. The van der Waals surface area contributed by atoms with Gasteiger partial charge in [-0.2, -0.15) is 5.26 Å². The molecule has 3 aliphatic heterocycles. The molecule has 0 bridgehead atoms. The van der Waals surface area contributed by atoms with Crippen LogP contribution in [0.15, 0.2) is 18.6 Å². The van der Waals surface area contributed by atoms with Crippen LogP contribution in [0.2, 0.25) is 0 Å². The first-order valence-electron chi connectivity index (χ1n) is 12.3. The summed E-state index contributed by atoms with van der Waals surface area (Å²) in [5, 5.41) is 6.44. The first kappa shape index (κ1) is 25.3. The van der Waals surface area contributed by atoms with Gasteiger partial charge >= 0.3 is 0 Å². The van der Waals surface area contributed by atoms with Gasteiger partial charge in [0, 0.05) is 49.1 Å². The second-order valence-electron chi connectivity index (χ2n) is 10.9. The summed E-state index contributed by atoms with van der Waals surface area (Å²) in [6, 6.07) is 3.38. The van der Waals surface area contributed by atoms with E-state index in [2.05, 4.69) is 44.7 Å². The molecule has 0 saturated carbocycles. The zero-order valence-electron chi connectivity index (χ0n) is 21.6. The number of nitriles is 1. The fourth-order valence-corrected chi connectivity index (χ4v) is 6.87. The lowest BCUT2D eigenvalue weighted by molar-refractivity contribution is -0.142. The maximum absolute atomic E-state index is 15.1. The van der Waals surface area contributed by atoms with E-state index in [1.165, 1.54) is 11.2 Å². The van der Waals surface area contributed by atoms with Crippen LogP contribution in [-0.2, 0) is 20.0 Å². The number of fused-ring (bicyclic) bond motifs is 1. The number of hydrogen-bond donors (Lipinski definition) is 0. The molecule has 5 heterocycles. The number of sulfone groups is 1. The molecule has 0 unspecified atom stereocenters. The number of amides is 1. The van der Waals surface area contributed by atoms with Crippen molar-refractivity contribution in [2.75, 3.05) is 35.2 Å². The SMILES string of the molecule is Cc1cc(N2CC(C)(C)c3c2ncnc3N2C[C@@H](C)N(C(=O)[C@@]3(F)CCS3(=O)=O)C[C@@H]2C)cnc1C#N. The smallest absolute Gasteiger partial charge is 0.288 e. The number of carbonyl (C=O) groups is 1. The summed E-state index contributed by atoms with van der Waals surface area (Å²) in [6.45, 7) is 11.0. The minimum Gasteiger partial charge on any atom is -0.350 e. The molecule has 0 spiro atoms. The van der Waals surface area contributed by atoms with Crippen molar-refractivity contribution in [3.05, 3.63) is 35.4 Å². The van der Waals surface area contributed by atoms with E-state index >= 15 is 4.39 Å². The van der Waals surface area contributed by atoms with Crippen molar-refractivity contribution in [2.24, 2.45) is 0 Å². The first-order valence-corrected chi connectivity index (χ1v) is 13.9. The van der Waals surface area contributed by atoms with Crippen LogP contribution in [0.4, 0.5) is 21.7 Å². The van der Waals surface area contributed by atoms with Crippen molar-refractivity contribution in [2.45, 2.75) is 63.5 Å². The number of carbonyl (C=O) groups excluding carboxylic acids is 1. The number of alkyl halides is 1. The van der Waals surface area contributed by atoms with E-state index in [1.807, 2.05) is 19.9 Å². The van der Waals surface area contributed by atoms with E-state index in [-0.39, 0.29) is 30.2 Å². The molecule has 0 radical (unpaired) electrons. The third-order valence-corrected chi connectivity index (χ3v) is 9.90. The Morgan fingerprint density at radius 2 is 1.86 bits per heavy atom. The molecular weight excluding hydrogens is 497 g/mol. The number of halogens is 1. The molecule has 10 nitrogen and oxygen atoms in total. The van der Waals surface area contributed by atoms with Crippen molar-refractivity contribution in [3.63, 3.8) is 0 Å². The Morgan fingerprint density at radius 3 is 2.46 bits per heavy atom. The third-order valence-electron chi connectivity index (χ3n) is 7.80. The van der Waals surface area contributed by atoms with Gasteiger partial charge in [-0.15, -0.1) is 0 Å².